The van der Waals surface area contributed by atoms with Crippen LogP contribution in [0.5, 0.6) is 5.75 Å². The number of imidazole rings is 1. The van der Waals surface area contributed by atoms with Crippen LogP contribution in [0.3, 0.4) is 0 Å². The Bertz CT molecular complexity index is 1230. The number of carbonyl (C=O) groups is 1. The molecule has 1 aliphatic heterocycles. The Morgan fingerprint density at radius 1 is 1.17 bits per heavy atom. The maximum atomic E-state index is 12.7. The minimum absolute atomic E-state index is 0.143. The molecular weight excluding hydrogens is 380 g/mol. The molecule has 1 amide bonds. The summed E-state index contributed by atoms with van der Waals surface area (Å²) in [5, 5.41) is 2.92. The number of hydrogen-bond acceptors (Lipinski definition) is 5. The monoisotopic (exact) mass is 400 g/mol. The van der Waals surface area contributed by atoms with Crippen molar-refractivity contribution in [3.8, 4) is 5.75 Å². The molecule has 2 aromatic heterocycles. The molecule has 1 aliphatic rings. The fraction of sp³-hybridized carbons (Fsp3) is 0.174. The smallest absolute Gasteiger partial charge is 0.251 e. The van der Waals surface area contributed by atoms with Gasteiger partial charge in [0.1, 0.15) is 12.4 Å². The molecule has 0 saturated carbocycles. The molecule has 3 heterocycles. The average molecular weight is 400 g/mol. The van der Waals surface area contributed by atoms with Gasteiger partial charge in [-0.1, -0.05) is 18.2 Å². The zero-order valence-electron chi connectivity index (χ0n) is 16.5. The van der Waals surface area contributed by atoms with E-state index in [-0.39, 0.29) is 5.91 Å². The van der Waals surface area contributed by atoms with Gasteiger partial charge >= 0.3 is 0 Å². The molecule has 30 heavy (non-hydrogen) atoms. The second-order valence-electron chi connectivity index (χ2n) is 7.24. The van der Waals surface area contributed by atoms with Crippen molar-refractivity contribution in [1.82, 2.24) is 19.9 Å². The first-order valence-corrected chi connectivity index (χ1v) is 9.74. The number of aromatic nitrogens is 3. The molecule has 0 radical (unpaired) electrons. The zero-order valence-corrected chi connectivity index (χ0v) is 16.5. The Morgan fingerprint density at radius 2 is 2.10 bits per heavy atom. The third-order valence-corrected chi connectivity index (χ3v) is 5.19. The molecule has 150 valence electrons. The van der Waals surface area contributed by atoms with Gasteiger partial charge in [-0.3, -0.25) is 9.78 Å². The molecule has 0 fully saturated rings. The molecule has 7 nitrogen and oxygen atoms in total. The molecule has 5 rings (SSSR count). The lowest BCUT2D eigenvalue weighted by atomic mass is 10.1. The Hall–Kier alpha value is -3.71. The van der Waals surface area contributed by atoms with E-state index >= 15 is 0 Å². The minimum atomic E-state index is -0.143. The molecule has 0 unspecified atom stereocenters. The molecule has 0 saturated heterocycles. The van der Waals surface area contributed by atoms with E-state index in [9.17, 15) is 4.79 Å². The Morgan fingerprint density at radius 3 is 2.97 bits per heavy atom. The number of hydrogen-bond donors (Lipinski definition) is 1. The second kappa shape index (κ2) is 7.61. The van der Waals surface area contributed by atoms with Crippen molar-refractivity contribution in [2.75, 3.05) is 0 Å². The lowest BCUT2D eigenvalue weighted by Gasteiger charge is -2.09. The summed E-state index contributed by atoms with van der Waals surface area (Å²) in [4.78, 5) is 31.8. The van der Waals surface area contributed by atoms with Crippen molar-refractivity contribution in [2.45, 2.75) is 26.6 Å². The van der Waals surface area contributed by atoms with Gasteiger partial charge in [-0.05, 0) is 48.9 Å². The fourth-order valence-corrected chi connectivity index (χ4v) is 3.59. The molecule has 1 N–H and O–H groups in total. The van der Waals surface area contributed by atoms with Crippen molar-refractivity contribution in [3.63, 3.8) is 0 Å². The van der Waals surface area contributed by atoms with Gasteiger partial charge in [0, 0.05) is 23.9 Å². The maximum absolute atomic E-state index is 12.7. The van der Waals surface area contributed by atoms with Crippen LogP contribution in [-0.4, -0.2) is 20.4 Å². The van der Waals surface area contributed by atoms with Gasteiger partial charge in [-0.25, -0.2) is 4.98 Å². The average Bonchev–Trinajstić information content (AvgIpc) is 3.36. The summed E-state index contributed by atoms with van der Waals surface area (Å²) in [5.74, 6) is 1.49. The predicted octanol–water partition coefficient (Wildman–Crippen LogP) is 3.54. The van der Waals surface area contributed by atoms with Crippen LogP contribution in [0.25, 0.3) is 11.0 Å². The maximum Gasteiger partial charge on any atom is 0.251 e. The molecular formula is C23H20N4O3. The molecule has 0 atom stereocenters. The van der Waals surface area contributed by atoms with Crippen molar-refractivity contribution in [3.05, 3.63) is 89.0 Å². The second-order valence-corrected chi connectivity index (χ2v) is 7.24. The van der Waals surface area contributed by atoms with Crippen molar-refractivity contribution < 1.29 is 14.6 Å². The highest BCUT2D eigenvalue weighted by Gasteiger charge is 2.16. The van der Waals surface area contributed by atoms with E-state index in [4.69, 9.17) is 9.78 Å². The third-order valence-electron chi connectivity index (χ3n) is 5.19. The Labute approximate surface area is 173 Å². The number of rotatable bonds is 5. The topological polar surface area (TPSA) is 78.3 Å². The molecule has 2 aromatic carbocycles. The van der Waals surface area contributed by atoms with Crippen LogP contribution in [0.2, 0.25) is 0 Å². The highest BCUT2D eigenvalue weighted by molar-refractivity contribution is 5.97. The lowest BCUT2D eigenvalue weighted by molar-refractivity contribution is -0.194. The molecule has 0 aliphatic carbocycles. The molecule has 7 heteroatoms. The van der Waals surface area contributed by atoms with Crippen LogP contribution in [0, 0.1) is 6.92 Å². The van der Waals surface area contributed by atoms with E-state index in [1.807, 2.05) is 49.4 Å². The van der Waals surface area contributed by atoms with Gasteiger partial charge in [0.2, 0.25) is 0 Å². The summed E-state index contributed by atoms with van der Waals surface area (Å²) in [6, 6.07) is 17.3. The van der Waals surface area contributed by atoms with E-state index < -0.39 is 0 Å². The quantitative estimate of drug-likeness (QED) is 0.519. The van der Waals surface area contributed by atoms with E-state index in [0.29, 0.717) is 25.3 Å². The van der Waals surface area contributed by atoms with E-state index in [1.54, 1.807) is 12.3 Å². The standard InChI is InChI=1S/C23H20N4O3/c1-15-26-20-8-7-17(23(28)25-12-19-4-2-3-9-24-19)11-21(20)27(15)13-16-5-6-18-14-29-30-22(18)10-16/h2-11H,12-14H2,1H3,(H,25,28). The lowest BCUT2D eigenvalue weighted by Crippen LogP contribution is -2.23. The number of nitrogens with one attached hydrogen (secondary N) is 1. The minimum Gasteiger partial charge on any atom is -0.346 e. The molecule has 0 spiro atoms. The predicted molar refractivity (Wildman–Crippen MR) is 111 cm³/mol. The summed E-state index contributed by atoms with van der Waals surface area (Å²) < 4.78 is 2.10. The Balaban J connectivity index is 1.40. The van der Waals surface area contributed by atoms with Crippen molar-refractivity contribution >= 4 is 16.9 Å². The van der Waals surface area contributed by atoms with E-state index in [1.165, 1.54) is 0 Å². The van der Waals surface area contributed by atoms with Crippen molar-refractivity contribution in [1.29, 1.82) is 0 Å². The van der Waals surface area contributed by atoms with E-state index in [0.717, 1.165) is 39.4 Å². The zero-order chi connectivity index (χ0) is 20.5. The number of fused-ring (bicyclic) bond motifs is 2. The normalized spacial score (nSPS) is 12.6. The highest BCUT2D eigenvalue weighted by atomic mass is 17.2. The summed E-state index contributed by atoms with van der Waals surface area (Å²) in [5.41, 5.74) is 5.29. The number of pyridine rings is 1. The number of amides is 1. The van der Waals surface area contributed by atoms with Gasteiger partial charge in [0.15, 0.2) is 5.75 Å². The first-order chi connectivity index (χ1) is 14.7. The fourth-order valence-electron chi connectivity index (χ4n) is 3.59. The first kappa shape index (κ1) is 18.3. The number of benzene rings is 2. The van der Waals surface area contributed by atoms with Crippen LogP contribution < -0.4 is 10.2 Å². The van der Waals surface area contributed by atoms with E-state index in [2.05, 4.69) is 25.9 Å². The van der Waals surface area contributed by atoms with Crippen LogP contribution in [0.4, 0.5) is 0 Å². The largest absolute Gasteiger partial charge is 0.346 e. The summed E-state index contributed by atoms with van der Waals surface area (Å²) in [6.07, 6.45) is 1.71. The summed E-state index contributed by atoms with van der Waals surface area (Å²) in [6.45, 7) is 3.44. The Kier molecular flexibility index (Phi) is 4.65. The van der Waals surface area contributed by atoms with Gasteiger partial charge < -0.3 is 14.8 Å². The molecule has 4 aromatic rings. The SMILES string of the molecule is Cc1nc2ccc(C(=O)NCc3ccccn3)cc2n1Cc1ccc2c(c1)OOC2. The van der Waals surface area contributed by atoms with Crippen molar-refractivity contribution in [2.24, 2.45) is 0 Å². The third kappa shape index (κ3) is 3.51. The van der Waals surface area contributed by atoms with Gasteiger partial charge in [-0.15, -0.1) is 0 Å². The number of carbonyl (C=O) groups excluding carboxylic acids is 1. The molecule has 0 bridgehead atoms. The first-order valence-electron chi connectivity index (χ1n) is 9.74. The van der Waals surface area contributed by atoms with Crippen LogP contribution in [0.1, 0.15) is 33.0 Å². The number of aryl methyl sites for hydroxylation is 1. The van der Waals surface area contributed by atoms with Gasteiger partial charge in [-0.2, -0.15) is 4.89 Å². The summed E-state index contributed by atoms with van der Waals surface area (Å²) in [7, 11) is 0. The highest BCUT2D eigenvalue weighted by Crippen LogP contribution is 2.28. The summed E-state index contributed by atoms with van der Waals surface area (Å²) >= 11 is 0. The number of nitrogens with zero attached hydrogens (tertiary/aromatic N) is 3. The van der Waals surface area contributed by atoms with Crippen LogP contribution >= 0.6 is 0 Å². The van der Waals surface area contributed by atoms with Crippen LogP contribution in [0.15, 0.2) is 60.8 Å². The van der Waals surface area contributed by atoms with Crippen LogP contribution in [-0.2, 0) is 24.6 Å². The van der Waals surface area contributed by atoms with Gasteiger partial charge in [0.25, 0.3) is 5.91 Å². The van der Waals surface area contributed by atoms with Gasteiger partial charge in [0.05, 0.1) is 23.3 Å².